The van der Waals surface area contributed by atoms with Crippen LogP contribution >= 0.6 is 23.2 Å². The summed E-state index contributed by atoms with van der Waals surface area (Å²) in [7, 11) is 0. The molecule has 1 atom stereocenters. The van der Waals surface area contributed by atoms with Gasteiger partial charge in [-0.1, -0.05) is 35.0 Å². The van der Waals surface area contributed by atoms with Gasteiger partial charge in [0, 0.05) is 41.5 Å². The van der Waals surface area contributed by atoms with Crippen molar-refractivity contribution in [2.75, 3.05) is 45.1 Å². The molecule has 1 aromatic carbocycles. The first-order valence-corrected chi connectivity index (χ1v) is 10.7. The van der Waals surface area contributed by atoms with Crippen molar-refractivity contribution in [3.8, 4) is 17.6 Å². The number of carbonyl (C=O) groups excluding carboxylic acids is 1. The number of anilines is 1. The van der Waals surface area contributed by atoms with Crippen LogP contribution in [-0.2, 0) is 9.53 Å². The highest BCUT2D eigenvalue weighted by molar-refractivity contribution is 6.36. The largest absolute Gasteiger partial charge is 0.482 e. The van der Waals surface area contributed by atoms with E-state index in [4.69, 9.17) is 38.4 Å². The van der Waals surface area contributed by atoms with Crippen molar-refractivity contribution < 1.29 is 18.7 Å². The molecular weight excluding hydrogens is 458 g/mol. The van der Waals surface area contributed by atoms with Crippen LogP contribution in [0.3, 0.4) is 0 Å². The molecule has 0 spiro atoms. The minimum atomic E-state index is -0.683. The summed E-state index contributed by atoms with van der Waals surface area (Å²) in [6.45, 7) is 4.93. The summed E-state index contributed by atoms with van der Waals surface area (Å²) < 4.78 is 24.9. The maximum atomic E-state index is 13.8. The molecular formula is C22H23Cl2FN4O3. The molecule has 1 aliphatic rings. The van der Waals surface area contributed by atoms with Gasteiger partial charge in [0.05, 0.1) is 31.3 Å². The summed E-state index contributed by atoms with van der Waals surface area (Å²) in [5.74, 6) is 5.49. The van der Waals surface area contributed by atoms with Crippen LogP contribution in [-0.4, -0.2) is 55.2 Å². The fourth-order valence-electron chi connectivity index (χ4n) is 3.09. The summed E-state index contributed by atoms with van der Waals surface area (Å²) in [6, 6.07) is 4.21. The third-order valence-corrected chi connectivity index (χ3v) is 5.46. The molecule has 10 heteroatoms. The quantitative estimate of drug-likeness (QED) is 0.487. The molecule has 7 nitrogen and oxygen atoms in total. The van der Waals surface area contributed by atoms with Crippen molar-refractivity contribution >= 4 is 34.9 Å². The highest BCUT2D eigenvalue weighted by Gasteiger charge is 2.20. The van der Waals surface area contributed by atoms with Crippen molar-refractivity contribution in [1.82, 2.24) is 15.2 Å². The summed E-state index contributed by atoms with van der Waals surface area (Å²) in [5, 5.41) is 2.93. The minimum absolute atomic E-state index is 0.0988. The number of pyridine rings is 1. The van der Waals surface area contributed by atoms with Crippen molar-refractivity contribution in [3.63, 3.8) is 0 Å². The van der Waals surface area contributed by atoms with E-state index >= 15 is 0 Å². The molecule has 170 valence electrons. The number of amides is 1. The predicted molar refractivity (Wildman–Crippen MR) is 121 cm³/mol. The first kappa shape index (κ1) is 24.1. The Hall–Kier alpha value is -2.57. The molecule has 32 heavy (non-hydrogen) atoms. The Balaban J connectivity index is 1.60. The highest BCUT2D eigenvalue weighted by Crippen LogP contribution is 2.35. The zero-order chi connectivity index (χ0) is 23.1. The van der Waals surface area contributed by atoms with E-state index < -0.39 is 11.9 Å². The van der Waals surface area contributed by atoms with Crippen molar-refractivity contribution in [2.45, 2.75) is 13.0 Å². The van der Waals surface area contributed by atoms with Gasteiger partial charge in [0.25, 0.3) is 0 Å². The number of ether oxygens (including phenoxy) is 2. The average molecular weight is 481 g/mol. The van der Waals surface area contributed by atoms with Gasteiger partial charge in [0.2, 0.25) is 5.91 Å². The standard InChI is InChI=1S/C22H23Cl2FN4O3/c1-14(20-16(23)4-5-17(25)21(20)24)32-18-11-15(12-28-22(18)26)3-2-6-27-19(30)13-29-7-9-31-10-8-29/h4-5,11-12,14H,6-10,13H2,1H3,(H2,26,28)(H,27,30). The van der Waals surface area contributed by atoms with E-state index in [0.29, 0.717) is 30.9 Å². The molecule has 1 saturated heterocycles. The Morgan fingerprint density at radius 3 is 2.91 bits per heavy atom. The molecule has 0 bridgehead atoms. The van der Waals surface area contributed by atoms with Gasteiger partial charge in [-0.2, -0.15) is 0 Å². The van der Waals surface area contributed by atoms with E-state index in [-0.39, 0.29) is 34.1 Å². The second kappa shape index (κ2) is 11.3. The van der Waals surface area contributed by atoms with Gasteiger partial charge in [-0.05, 0) is 19.1 Å². The minimum Gasteiger partial charge on any atom is -0.482 e. The number of nitrogens with one attached hydrogen (secondary N) is 1. The molecule has 1 unspecified atom stereocenters. The van der Waals surface area contributed by atoms with E-state index in [1.165, 1.54) is 18.3 Å². The number of nitrogen functional groups attached to an aromatic ring is 1. The smallest absolute Gasteiger partial charge is 0.234 e. The van der Waals surface area contributed by atoms with E-state index in [1.807, 2.05) is 4.90 Å². The number of aromatic nitrogens is 1. The van der Waals surface area contributed by atoms with Gasteiger partial charge in [0.1, 0.15) is 11.9 Å². The van der Waals surface area contributed by atoms with E-state index in [2.05, 4.69) is 22.1 Å². The zero-order valence-electron chi connectivity index (χ0n) is 17.5. The topological polar surface area (TPSA) is 89.7 Å². The fraction of sp³-hybridized carbons (Fsp3) is 0.364. The SMILES string of the molecule is CC(Oc1cc(C#CCNC(=O)CN2CCOCC2)cnc1N)c1c(Cl)ccc(F)c1Cl. The van der Waals surface area contributed by atoms with Crippen molar-refractivity contribution in [2.24, 2.45) is 0 Å². The Morgan fingerprint density at radius 1 is 1.41 bits per heavy atom. The Labute approximate surface area is 196 Å². The van der Waals surface area contributed by atoms with Crippen LogP contribution in [0, 0.1) is 17.7 Å². The molecule has 1 aromatic heterocycles. The van der Waals surface area contributed by atoms with Crippen LogP contribution in [0.5, 0.6) is 5.75 Å². The molecule has 0 radical (unpaired) electrons. The number of nitrogens with zero attached hydrogens (tertiary/aromatic N) is 2. The van der Waals surface area contributed by atoms with Crippen molar-refractivity contribution in [3.05, 3.63) is 51.4 Å². The Bertz CT molecular complexity index is 1040. The third-order valence-electron chi connectivity index (χ3n) is 4.75. The summed E-state index contributed by atoms with van der Waals surface area (Å²) in [6.07, 6.45) is 0.815. The van der Waals surface area contributed by atoms with Crippen LogP contribution in [0.15, 0.2) is 24.4 Å². The molecule has 2 heterocycles. The van der Waals surface area contributed by atoms with Crippen LogP contribution in [0.2, 0.25) is 10.0 Å². The molecule has 1 amide bonds. The Kier molecular flexibility index (Phi) is 8.53. The number of benzene rings is 1. The molecule has 3 N–H and O–H groups in total. The second-order valence-corrected chi connectivity index (χ2v) is 7.88. The summed E-state index contributed by atoms with van der Waals surface area (Å²) in [4.78, 5) is 18.1. The third kappa shape index (κ3) is 6.47. The lowest BCUT2D eigenvalue weighted by atomic mass is 10.1. The lowest BCUT2D eigenvalue weighted by Crippen LogP contribution is -2.43. The fourth-order valence-corrected chi connectivity index (χ4v) is 3.77. The van der Waals surface area contributed by atoms with Gasteiger partial charge in [-0.25, -0.2) is 9.37 Å². The lowest BCUT2D eigenvalue weighted by molar-refractivity contribution is -0.123. The molecule has 3 rings (SSSR count). The van der Waals surface area contributed by atoms with Crippen LogP contribution < -0.4 is 15.8 Å². The Morgan fingerprint density at radius 2 is 2.16 bits per heavy atom. The number of nitrogens with two attached hydrogens (primary N) is 1. The number of carbonyl (C=O) groups is 1. The van der Waals surface area contributed by atoms with Gasteiger partial charge in [-0.3, -0.25) is 9.69 Å². The van der Waals surface area contributed by atoms with Crippen LogP contribution in [0.4, 0.5) is 10.2 Å². The second-order valence-electron chi connectivity index (χ2n) is 7.09. The predicted octanol–water partition coefficient (Wildman–Crippen LogP) is 3.05. The first-order chi connectivity index (χ1) is 15.3. The molecule has 1 aliphatic heterocycles. The van der Waals surface area contributed by atoms with E-state index in [1.54, 1.807) is 13.0 Å². The summed E-state index contributed by atoms with van der Waals surface area (Å²) in [5.41, 5.74) is 6.76. The molecule has 1 fully saturated rings. The van der Waals surface area contributed by atoms with E-state index in [9.17, 15) is 9.18 Å². The van der Waals surface area contributed by atoms with Crippen LogP contribution in [0.1, 0.15) is 24.2 Å². The maximum Gasteiger partial charge on any atom is 0.234 e. The van der Waals surface area contributed by atoms with Gasteiger partial charge >= 0.3 is 0 Å². The number of rotatable bonds is 6. The van der Waals surface area contributed by atoms with Crippen molar-refractivity contribution in [1.29, 1.82) is 0 Å². The zero-order valence-corrected chi connectivity index (χ0v) is 19.0. The number of hydrogen-bond donors (Lipinski definition) is 2. The molecule has 0 aliphatic carbocycles. The highest BCUT2D eigenvalue weighted by atomic mass is 35.5. The first-order valence-electron chi connectivity index (χ1n) is 9.96. The van der Waals surface area contributed by atoms with E-state index in [0.717, 1.165) is 13.1 Å². The maximum absolute atomic E-state index is 13.8. The van der Waals surface area contributed by atoms with Gasteiger partial charge in [-0.15, -0.1) is 0 Å². The van der Waals surface area contributed by atoms with Gasteiger partial charge < -0.3 is 20.5 Å². The monoisotopic (exact) mass is 480 g/mol. The number of halogens is 3. The molecule has 2 aromatic rings. The average Bonchev–Trinajstić information content (AvgIpc) is 2.77. The summed E-state index contributed by atoms with van der Waals surface area (Å²) >= 11 is 12.2. The molecule has 0 saturated carbocycles. The van der Waals surface area contributed by atoms with Gasteiger partial charge in [0.15, 0.2) is 11.6 Å². The normalized spacial score (nSPS) is 14.9. The lowest BCUT2D eigenvalue weighted by Gasteiger charge is -2.25. The number of hydrogen-bond acceptors (Lipinski definition) is 6. The number of morpholine rings is 1. The van der Waals surface area contributed by atoms with Crippen LogP contribution in [0.25, 0.3) is 0 Å².